The second-order valence-corrected chi connectivity index (χ2v) is 8.47. The van der Waals surface area contributed by atoms with Gasteiger partial charge in [-0.3, -0.25) is 9.78 Å². The molecule has 3 rings (SSSR count). The zero-order valence-electron chi connectivity index (χ0n) is 16.5. The lowest BCUT2D eigenvalue weighted by Gasteiger charge is -2.26. The van der Waals surface area contributed by atoms with E-state index in [1.54, 1.807) is 37.1 Å². The van der Waals surface area contributed by atoms with Crippen molar-refractivity contribution in [1.82, 2.24) is 9.88 Å². The van der Waals surface area contributed by atoms with Crippen LogP contribution in [0.1, 0.15) is 34.6 Å². The molecule has 0 spiro atoms. The van der Waals surface area contributed by atoms with Crippen molar-refractivity contribution in [3.05, 3.63) is 83.6 Å². The van der Waals surface area contributed by atoms with Crippen molar-refractivity contribution in [2.45, 2.75) is 24.8 Å². The lowest BCUT2D eigenvalue weighted by molar-refractivity contribution is 0.0741. The smallest absolute Gasteiger partial charge is 0.255 e. The lowest BCUT2D eigenvalue weighted by Crippen LogP contribution is -2.30. The Labute approximate surface area is 171 Å². The Kier molecular flexibility index (Phi) is 5.81. The molecule has 29 heavy (non-hydrogen) atoms. The number of benzene rings is 2. The fourth-order valence-electron chi connectivity index (χ4n) is 3.10. The van der Waals surface area contributed by atoms with E-state index in [2.05, 4.69) is 4.98 Å². The van der Waals surface area contributed by atoms with E-state index in [1.165, 1.54) is 12.1 Å². The quantitative estimate of drug-likeness (QED) is 0.697. The van der Waals surface area contributed by atoms with E-state index < -0.39 is 10.0 Å². The number of nitrogens with two attached hydrogens (primary N) is 1. The van der Waals surface area contributed by atoms with E-state index in [9.17, 15) is 13.2 Å². The first-order chi connectivity index (χ1) is 13.7. The number of pyridine rings is 1. The number of amides is 1. The Morgan fingerprint density at radius 3 is 2.34 bits per heavy atom. The monoisotopic (exact) mass is 409 g/mol. The van der Waals surface area contributed by atoms with Crippen LogP contribution in [0.25, 0.3) is 11.3 Å². The molecule has 1 amide bonds. The van der Waals surface area contributed by atoms with E-state index in [-0.39, 0.29) is 16.8 Å². The fourth-order valence-corrected chi connectivity index (χ4v) is 3.67. The molecule has 1 atom stereocenters. The van der Waals surface area contributed by atoms with Gasteiger partial charge in [0.2, 0.25) is 10.0 Å². The highest BCUT2D eigenvalue weighted by Crippen LogP contribution is 2.25. The topological polar surface area (TPSA) is 93.4 Å². The minimum Gasteiger partial charge on any atom is -0.335 e. The first-order valence-corrected chi connectivity index (χ1v) is 10.7. The van der Waals surface area contributed by atoms with Crippen molar-refractivity contribution in [3.63, 3.8) is 0 Å². The maximum Gasteiger partial charge on any atom is 0.255 e. The Balaban J connectivity index is 1.86. The first-order valence-electron chi connectivity index (χ1n) is 9.11. The van der Waals surface area contributed by atoms with Gasteiger partial charge in [-0.1, -0.05) is 42.5 Å². The van der Waals surface area contributed by atoms with E-state index in [1.807, 2.05) is 43.3 Å². The third kappa shape index (κ3) is 4.52. The molecule has 2 N–H and O–H groups in total. The van der Waals surface area contributed by atoms with Gasteiger partial charge in [0.25, 0.3) is 5.91 Å². The van der Waals surface area contributed by atoms with E-state index in [0.717, 1.165) is 11.3 Å². The molecule has 0 saturated heterocycles. The number of carbonyl (C=O) groups excluding carboxylic acids is 1. The predicted molar refractivity (Wildman–Crippen MR) is 113 cm³/mol. The van der Waals surface area contributed by atoms with Crippen molar-refractivity contribution in [3.8, 4) is 11.3 Å². The van der Waals surface area contributed by atoms with Crippen LogP contribution in [0.3, 0.4) is 0 Å². The Hall–Kier alpha value is -3.03. The minimum absolute atomic E-state index is 0.0211. The number of sulfonamides is 1. The van der Waals surface area contributed by atoms with E-state index in [4.69, 9.17) is 5.14 Å². The van der Waals surface area contributed by atoms with Crippen molar-refractivity contribution in [1.29, 1.82) is 0 Å². The van der Waals surface area contributed by atoms with Crippen LogP contribution in [0, 0.1) is 6.92 Å². The third-order valence-electron chi connectivity index (χ3n) is 4.96. The summed E-state index contributed by atoms with van der Waals surface area (Å²) in [5.74, 6) is -0.192. The molecule has 7 heteroatoms. The molecule has 0 bridgehead atoms. The summed E-state index contributed by atoms with van der Waals surface area (Å²) in [4.78, 5) is 19.2. The van der Waals surface area contributed by atoms with Crippen LogP contribution >= 0.6 is 0 Å². The summed E-state index contributed by atoms with van der Waals surface area (Å²) in [5, 5.41) is 5.22. The highest BCUT2D eigenvalue weighted by molar-refractivity contribution is 7.89. The van der Waals surface area contributed by atoms with Crippen LogP contribution in [-0.4, -0.2) is 31.3 Å². The number of hydrogen-bond donors (Lipinski definition) is 1. The highest BCUT2D eigenvalue weighted by atomic mass is 32.2. The van der Waals surface area contributed by atoms with Crippen molar-refractivity contribution < 1.29 is 13.2 Å². The average molecular weight is 410 g/mol. The molecule has 0 saturated carbocycles. The summed E-state index contributed by atoms with van der Waals surface area (Å²) in [7, 11) is -2.13. The normalized spacial score (nSPS) is 12.4. The van der Waals surface area contributed by atoms with Gasteiger partial charge in [-0.25, -0.2) is 13.6 Å². The molecular weight excluding hydrogens is 386 g/mol. The second kappa shape index (κ2) is 8.14. The van der Waals surface area contributed by atoms with Gasteiger partial charge in [-0.2, -0.15) is 0 Å². The van der Waals surface area contributed by atoms with Crippen LogP contribution < -0.4 is 5.14 Å². The van der Waals surface area contributed by atoms with Gasteiger partial charge in [0.1, 0.15) is 0 Å². The molecule has 1 unspecified atom stereocenters. The lowest BCUT2D eigenvalue weighted by atomic mass is 10.0. The molecule has 150 valence electrons. The third-order valence-corrected chi connectivity index (χ3v) is 5.87. The maximum atomic E-state index is 13.1. The fraction of sp³-hybridized carbons (Fsp3) is 0.182. The summed E-state index contributed by atoms with van der Waals surface area (Å²) >= 11 is 0. The number of hydrogen-bond acceptors (Lipinski definition) is 4. The summed E-state index contributed by atoms with van der Waals surface area (Å²) in [5.41, 5.74) is 3.60. The summed E-state index contributed by atoms with van der Waals surface area (Å²) in [6.45, 7) is 3.64. The zero-order valence-corrected chi connectivity index (χ0v) is 17.3. The van der Waals surface area contributed by atoms with Gasteiger partial charge in [0.05, 0.1) is 27.9 Å². The zero-order chi connectivity index (χ0) is 21.2. The van der Waals surface area contributed by atoms with E-state index in [0.29, 0.717) is 16.8 Å². The van der Waals surface area contributed by atoms with Crippen LogP contribution in [0.2, 0.25) is 0 Å². The second-order valence-electron chi connectivity index (χ2n) is 6.91. The number of nitrogens with zero attached hydrogens (tertiary/aromatic N) is 2. The van der Waals surface area contributed by atoms with Crippen LogP contribution in [0.15, 0.2) is 71.6 Å². The van der Waals surface area contributed by atoms with Crippen molar-refractivity contribution >= 4 is 15.9 Å². The standard InChI is InChI=1S/C22H23N3O3S/c1-15-20(12-13-21(24-15)17-8-5-4-6-9-17)22(26)25(3)16(2)18-10-7-11-19(14-18)29(23,27)28/h4-14,16H,1-3H3,(H2,23,27,28). The average Bonchev–Trinajstić information content (AvgIpc) is 2.72. The molecule has 2 aromatic carbocycles. The van der Waals surface area contributed by atoms with E-state index >= 15 is 0 Å². The van der Waals surface area contributed by atoms with Crippen molar-refractivity contribution in [2.75, 3.05) is 7.05 Å². The molecule has 1 heterocycles. The summed E-state index contributed by atoms with van der Waals surface area (Å²) < 4.78 is 23.2. The molecule has 0 radical (unpaired) electrons. The highest BCUT2D eigenvalue weighted by Gasteiger charge is 2.22. The Bertz CT molecular complexity index is 1140. The minimum atomic E-state index is -3.81. The number of aryl methyl sites for hydroxylation is 1. The van der Waals surface area contributed by atoms with Crippen LogP contribution in [0.4, 0.5) is 0 Å². The maximum absolute atomic E-state index is 13.1. The Morgan fingerprint density at radius 2 is 1.72 bits per heavy atom. The van der Waals surface area contributed by atoms with Gasteiger partial charge in [-0.15, -0.1) is 0 Å². The number of aromatic nitrogens is 1. The molecule has 6 nitrogen and oxygen atoms in total. The summed E-state index contributed by atoms with van der Waals surface area (Å²) in [6, 6.07) is 19.3. The largest absolute Gasteiger partial charge is 0.335 e. The molecule has 0 aliphatic carbocycles. The van der Waals surface area contributed by atoms with Gasteiger partial charge in [-0.05, 0) is 43.7 Å². The Morgan fingerprint density at radius 1 is 1.03 bits per heavy atom. The molecule has 1 aromatic heterocycles. The van der Waals surface area contributed by atoms with Crippen LogP contribution in [0.5, 0.6) is 0 Å². The molecule has 0 aliphatic rings. The van der Waals surface area contributed by atoms with Gasteiger partial charge >= 0.3 is 0 Å². The summed E-state index contributed by atoms with van der Waals surface area (Å²) in [6.07, 6.45) is 0. The van der Waals surface area contributed by atoms with Gasteiger partial charge < -0.3 is 4.90 Å². The van der Waals surface area contributed by atoms with Crippen molar-refractivity contribution in [2.24, 2.45) is 5.14 Å². The van der Waals surface area contributed by atoms with Gasteiger partial charge in [0.15, 0.2) is 0 Å². The molecule has 3 aromatic rings. The van der Waals surface area contributed by atoms with Crippen LogP contribution in [-0.2, 0) is 10.0 Å². The predicted octanol–water partition coefficient (Wildman–Crippen LogP) is 3.54. The number of primary sulfonamides is 1. The first kappa shape index (κ1) is 20.7. The number of carbonyl (C=O) groups is 1. The number of rotatable bonds is 5. The molecular formula is C22H23N3O3S. The SMILES string of the molecule is Cc1nc(-c2ccccc2)ccc1C(=O)N(C)C(C)c1cccc(S(N)(=O)=O)c1. The molecule has 0 aliphatic heterocycles. The molecule has 0 fully saturated rings. The van der Waals surface area contributed by atoms with Gasteiger partial charge in [0, 0.05) is 12.6 Å².